The third-order valence-corrected chi connectivity index (χ3v) is 6.92. The van der Waals surface area contributed by atoms with Crippen LogP contribution in [0, 0.1) is 5.92 Å². The predicted octanol–water partition coefficient (Wildman–Crippen LogP) is 6.32. The van der Waals surface area contributed by atoms with Crippen molar-refractivity contribution in [2.24, 2.45) is 5.92 Å². The third-order valence-electron chi connectivity index (χ3n) is 6.92. The van der Waals surface area contributed by atoms with Crippen LogP contribution in [-0.4, -0.2) is 46.7 Å². The van der Waals surface area contributed by atoms with E-state index in [1.165, 1.54) is 4.90 Å². The Bertz CT molecular complexity index is 1330. The van der Waals surface area contributed by atoms with Crippen molar-refractivity contribution in [2.75, 3.05) is 18.4 Å². The third kappa shape index (κ3) is 5.58. The van der Waals surface area contributed by atoms with E-state index in [9.17, 15) is 22.8 Å². The summed E-state index contributed by atoms with van der Waals surface area (Å²) in [7, 11) is 0. The van der Waals surface area contributed by atoms with Gasteiger partial charge in [0.05, 0.1) is 23.3 Å². The van der Waals surface area contributed by atoms with E-state index < -0.39 is 23.4 Å². The molecule has 3 aromatic rings. The van der Waals surface area contributed by atoms with Crippen LogP contribution in [0.4, 0.5) is 23.7 Å². The molecule has 0 unspecified atom stereocenters. The summed E-state index contributed by atoms with van der Waals surface area (Å²) in [5, 5.41) is 3.75. The Morgan fingerprint density at radius 2 is 1.71 bits per heavy atom. The van der Waals surface area contributed by atoms with Crippen LogP contribution in [0.15, 0.2) is 48.7 Å². The molecule has 2 aromatic carbocycles. The van der Waals surface area contributed by atoms with E-state index >= 15 is 0 Å². The summed E-state index contributed by atoms with van der Waals surface area (Å²) in [5.74, 6) is 0.332. The zero-order valence-corrected chi connectivity index (χ0v) is 21.4. The largest absolute Gasteiger partial charge is 0.490 e. The number of ether oxygens (including phenoxy) is 2. The van der Waals surface area contributed by atoms with Crippen LogP contribution in [0.5, 0.6) is 5.75 Å². The van der Waals surface area contributed by atoms with Gasteiger partial charge >= 0.3 is 12.3 Å². The quantitative estimate of drug-likeness (QED) is 0.405. The first-order valence-electron chi connectivity index (χ1n) is 12.6. The molecule has 2 fully saturated rings. The summed E-state index contributed by atoms with van der Waals surface area (Å²) in [4.78, 5) is 29.5. The smallest absolute Gasteiger partial charge is 0.416 e. The van der Waals surface area contributed by atoms with Gasteiger partial charge in [-0.15, -0.1) is 0 Å². The van der Waals surface area contributed by atoms with Crippen molar-refractivity contribution in [1.29, 1.82) is 0 Å². The monoisotopic (exact) mass is 529 g/mol. The first kappa shape index (κ1) is 25.9. The van der Waals surface area contributed by atoms with Gasteiger partial charge < -0.3 is 24.7 Å². The molecule has 7 nitrogen and oxygen atoms in total. The first-order valence-corrected chi connectivity index (χ1v) is 12.6. The van der Waals surface area contributed by atoms with Gasteiger partial charge in [-0.2, -0.15) is 13.2 Å². The van der Waals surface area contributed by atoms with Crippen molar-refractivity contribution in [2.45, 2.75) is 57.4 Å². The Morgan fingerprint density at radius 1 is 1.03 bits per heavy atom. The van der Waals surface area contributed by atoms with Gasteiger partial charge in [0.2, 0.25) is 5.91 Å². The van der Waals surface area contributed by atoms with Gasteiger partial charge in [-0.25, -0.2) is 4.79 Å². The Hall–Kier alpha value is -3.69. The van der Waals surface area contributed by atoms with E-state index in [4.69, 9.17) is 9.47 Å². The summed E-state index contributed by atoms with van der Waals surface area (Å²) >= 11 is 0. The van der Waals surface area contributed by atoms with E-state index in [2.05, 4.69) is 10.3 Å². The zero-order valence-electron chi connectivity index (χ0n) is 21.4. The number of H-pyrrole nitrogens is 1. The van der Waals surface area contributed by atoms with E-state index in [1.54, 1.807) is 39.1 Å². The van der Waals surface area contributed by atoms with Crippen molar-refractivity contribution in [1.82, 2.24) is 9.88 Å². The van der Waals surface area contributed by atoms with Crippen LogP contribution in [0.2, 0.25) is 0 Å². The fourth-order valence-electron chi connectivity index (χ4n) is 4.70. The SMILES string of the molecule is CC(C)(C)OC(=O)N1CC(C(=O)Nc2c[nH]c3ccc(OC4CC(c5ccc(C(F)(F)F)cc5)C4)cc23)C1. The highest BCUT2D eigenvalue weighted by atomic mass is 19.4. The molecule has 1 saturated heterocycles. The molecule has 202 valence electrons. The number of fused-ring (bicyclic) bond motifs is 1. The number of hydrogen-bond acceptors (Lipinski definition) is 4. The minimum atomic E-state index is -4.34. The Labute approximate surface area is 218 Å². The first-order chi connectivity index (χ1) is 17.9. The highest BCUT2D eigenvalue weighted by Gasteiger charge is 2.38. The molecular weight excluding hydrogens is 499 g/mol. The standard InChI is InChI=1S/C28H30F3N3O4/c1-27(2,3)38-26(36)34-14-18(15-34)25(35)33-24-13-32-23-9-8-20(12-22(23)24)37-21-10-17(11-21)16-4-6-19(7-5-16)28(29,30)31/h4-9,12-13,17-18,21,32H,10-11,14-15H2,1-3H3,(H,33,35). The van der Waals surface area contributed by atoms with Gasteiger partial charge in [-0.1, -0.05) is 12.1 Å². The van der Waals surface area contributed by atoms with Crippen LogP contribution in [0.1, 0.15) is 50.7 Å². The molecule has 1 aliphatic carbocycles. The van der Waals surface area contributed by atoms with Crippen LogP contribution in [0.3, 0.4) is 0 Å². The molecule has 10 heteroatoms. The average molecular weight is 530 g/mol. The van der Waals surface area contributed by atoms with Gasteiger partial charge in [-0.05, 0) is 75.4 Å². The molecule has 2 amide bonds. The summed E-state index contributed by atoms with van der Waals surface area (Å²) in [6.07, 6.45) is -1.64. The highest BCUT2D eigenvalue weighted by Crippen LogP contribution is 2.41. The second-order valence-corrected chi connectivity index (χ2v) is 11.0. The maximum absolute atomic E-state index is 12.8. The lowest BCUT2D eigenvalue weighted by Crippen LogP contribution is -2.55. The number of carbonyl (C=O) groups is 2. The lowest BCUT2D eigenvalue weighted by Gasteiger charge is -2.38. The number of hydrogen-bond donors (Lipinski definition) is 2. The number of aromatic nitrogens is 1. The molecule has 38 heavy (non-hydrogen) atoms. The molecule has 5 rings (SSSR count). The highest BCUT2D eigenvalue weighted by molar-refractivity contribution is 6.03. The minimum Gasteiger partial charge on any atom is -0.490 e. The van der Waals surface area contributed by atoms with E-state index in [0.29, 0.717) is 24.5 Å². The van der Waals surface area contributed by atoms with Gasteiger partial charge in [-0.3, -0.25) is 4.79 Å². The topological polar surface area (TPSA) is 83.7 Å². The summed E-state index contributed by atoms with van der Waals surface area (Å²) in [6.45, 7) is 6.00. The maximum atomic E-state index is 12.8. The molecule has 0 bridgehead atoms. The summed E-state index contributed by atoms with van der Waals surface area (Å²) in [6, 6.07) is 10.9. The number of amides is 2. The maximum Gasteiger partial charge on any atom is 0.416 e. The molecule has 2 N–H and O–H groups in total. The Kier molecular flexibility index (Phi) is 6.53. The average Bonchev–Trinajstić information content (AvgIpc) is 3.15. The van der Waals surface area contributed by atoms with Gasteiger partial charge in [0.15, 0.2) is 0 Å². The fraction of sp³-hybridized carbons (Fsp3) is 0.429. The van der Waals surface area contributed by atoms with Crippen LogP contribution >= 0.6 is 0 Å². The fourth-order valence-corrected chi connectivity index (χ4v) is 4.70. The molecule has 2 heterocycles. The number of rotatable bonds is 5. The number of nitrogens with one attached hydrogen (secondary N) is 2. The molecular formula is C28H30F3N3O4. The van der Waals surface area contributed by atoms with Gasteiger partial charge in [0, 0.05) is 30.2 Å². The molecule has 2 aliphatic rings. The van der Waals surface area contributed by atoms with Crippen LogP contribution in [-0.2, 0) is 15.7 Å². The normalized spacial score (nSPS) is 20.0. The van der Waals surface area contributed by atoms with Gasteiger partial charge in [0.25, 0.3) is 0 Å². The molecule has 1 saturated carbocycles. The molecule has 1 aliphatic heterocycles. The van der Waals surface area contributed by atoms with Crippen molar-refractivity contribution < 1.29 is 32.2 Å². The van der Waals surface area contributed by atoms with Crippen LogP contribution in [0.25, 0.3) is 10.9 Å². The predicted molar refractivity (Wildman–Crippen MR) is 136 cm³/mol. The van der Waals surface area contributed by atoms with E-state index in [-0.39, 0.29) is 23.8 Å². The number of carbonyl (C=O) groups excluding carboxylic acids is 2. The lowest BCUT2D eigenvalue weighted by atomic mass is 9.77. The van der Waals surface area contributed by atoms with Gasteiger partial charge in [0.1, 0.15) is 11.4 Å². The number of likely N-dealkylation sites (tertiary alicyclic amines) is 1. The zero-order chi connectivity index (χ0) is 27.2. The molecule has 0 radical (unpaired) electrons. The Balaban J connectivity index is 1.15. The summed E-state index contributed by atoms with van der Waals surface area (Å²) in [5.41, 5.74) is 1.12. The second kappa shape index (κ2) is 9.56. The summed E-state index contributed by atoms with van der Waals surface area (Å²) < 4.78 is 49.8. The Morgan fingerprint density at radius 3 is 2.34 bits per heavy atom. The van der Waals surface area contributed by atoms with Crippen molar-refractivity contribution in [3.05, 3.63) is 59.8 Å². The minimum absolute atomic E-state index is 0.0365. The number of nitrogens with zero attached hydrogens (tertiary/aromatic N) is 1. The molecule has 0 spiro atoms. The lowest BCUT2D eigenvalue weighted by molar-refractivity contribution is -0.137. The van der Waals surface area contributed by atoms with Crippen molar-refractivity contribution in [3.63, 3.8) is 0 Å². The van der Waals surface area contributed by atoms with Crippen molar-refractivity contribution in [3.8, 4) is 5.75 Å². The molecule has 0 atom stereocenters. The number of alkyl halides is 3. The number of benzene rings is 2. The van der Waals surface area contributed by atoms with E-state index in [1.807, 2.05) is 18.2 Å². The van der Waals surface area contributed by atoms with E-state index in [0.717, 1.165) is 41.4 Å². The molecule has 1 aromatic heterocycles. The number of anilines is 1. The number of halogens is 3. The second-order valence-electron chi connectivity index (χ2n) is 11.0. The number of aromatic amines is 1. The van der Waals surface area contributed by atoms with Crippen LogP contribution < -0.4 is 10.1 Å². The van der Waals surface area contributed by atoms with Crippen molar-refractivity contribution >= 4 is 28.6 Å².